The average molecular weight is 110 g/mol. The number of nitrogens with two attached hydrogens (primary N) is 1. The van der Waals surface area contributed by atoms with Gasteiger partial charge in [0.2, 0.25) is 5.91 Å². The summed E-state index contributed by atoms with van der Waals surface area (Å²) in [7, 11) is 0. The van der Waals surface area contributed by atoms with Gasteiger partial charge in [-0.15, -0.1) is 0 Å². The zero-order valence-electron chi connectivity index (χ0n) is 4.61. The fraction of sp³-hybridized carbons (Fsp3) is 0.500. The van der Waals surface area contributed by atoms with Gasteiger partial charge >= 0.3 is 0 Å². The maximum absolute atomic E-state index is 9.22. The Morgan fingerprint density at radius 1 is 1.29 bits per heavy atom. The minimum Gasteiger partial charge on any atom is -0.370 e. The Morgan fingerprint density at radius 2 is 1.29 bits per heavy atom. The van der Waals surface area contributed by atoms with Gasteiger partial charge in [-0.05, 0) is 0 Å². The molecule has 0 atom stereocenters. The number of hydrogen-bond donors (Lipinski definition) is 4. The maximum Gasteiger partial charge on any atom is 0.214 e. The monoisotopic (exact) mass is 110 g/mol. The van der Waals surface area contributed by atoms with Crippen LogP contribution in [0.3, 0.4) is 0 Å². The van der Waals surface area contributed by atoms with Crippen LogP contribution in [0.1, 0.15) is 6.92 Å². The molecule has 0 aromatic carbocycles. The SMILES string of the molecule is CC(N)=O.N.N.N. The second-order valence-corrected chi connectivity index (χ2v) is 0.611. The van der Waals surface area contributed by atoms with Crippen molar-refractivity contribution in [3.05, 3.63) is 0 Å². The van der Waals surface area contributed by atoms with Gasteiger partial charge in [0, 0.05) is 6.92 Å². The molecule has 0 aliphatic heterocycles. The van der Waals surface area contributed by atoms with E-state index < -0.39 is 0 Å². The molecule has 0 rings (SSSR count). The predicted molar refractivity (Wildman–Crippen MR) is 29.9 cm³/mol. The molecule has 0 saturated heterocycles. The maximum atomic E-state index is 9.22. The van der Waals surface area contributed by atoms with Crippen molar-refractivity contribution in [1.82, 2.24) is 18.5 Å². The van der Waals surface area contributed by atoms with E-state index in [-0.39, 0.29) is 24.4 Å². The first-order valence-corrected chi connectivity index (χ1v) is 0.993. The summed E-state index contributed by atoms with van der Waals surface area (Å²) in [6.07, 6.45) is 0. The van der Waals surface area contributed by atoms with Gasteiger partial charge in [-0.25, -0.2) is 0 Å². The number of carbonyl (C=O) groups is 1. The second kappa shape index (κ2) is 18.3. The van der Waals surface area contributed by atoms with Crippen molar-refractivity contribution < 1.29 is 4.79 Å². The molecular weight excluding hydrogens is 96.0 g/mol. The van der Waals surface area contributed by atoms with E-state index in [0.717, 1.165) is 0 Å². The molecule has 0 spiro atoms. The molecule has 0 aliphatic carbocycles. The summed E-state index contributed by atoms with van der Waals surface area (Å²) in [6.45, 7) is 1.31. The van der Waals surface area contributed by atoms with E-state index in [9.17, 15) is 4.79 Å². The molecule has 0 radical (unpaired) electrons. The molecule has 48 valence electrons. The molecule has 0 aromatic heterocycles. The van der Waals surface area contributed by atoms with Crippen LogP contribution in [0.4, 0.5) is 0 Å². The van der Waals surface area contributed by atoms with E-state index in [0.29, 0.717) is 0 Å². The summed E-state index contributed by atoms with van der Waals surface area (Å²) >= 11 is 0. The summed E-state index contributed by atoms with van der Waals surface area (Å²) in [5.74, 6) is -0.333. The largest absolute Gasteiger partial charge is 0.370 e. The highest BCUT2D eigenvalue weighted by Crippen LogP contribution is 1.33. The van der Waals surface area contributed by atoms with Crippen LogP contribution >= 0.6 is 0 Å². The van der Waals surface area contributed by atoms with Crippen molar-refractivity contribution >= 4 is 5.91 Å². The summed E-state index contributed by atoms with van der Waals surface area (Å²) < 4.78 is 0. The molecule has 0 aromatic rings. The van der Waals surface area contributed by atoms with Crippen LogP contribution in [0.15, 0.2) is 0 Å². The number of primary amides is 1. The second-order valence-electron chi connectivity index (χ2n) is 0.611. The Bertz CT molecular complexity index is 32.7. The van der Waals surface area contributed by atoms with Gasteiger partial charge < -0.3 is 24.2 Å². The molecule has 0 fully saturated rings. The molecule has 0 saturated carbocycles. The van der Waals surface area contributed by atoms with Crippen molar-refractivity contribution in [2.24, 2.45) is 5.73 Å². The van der Waals surface area contributed by atoms with Gasteiger partial charge in [0.15, 0.2) is 0 Å². The lowest BCUT2D eigenvalue weighted by Crippen LogP contribution is -2.01. The van der Waals surface area contributed by atoms with E-state index in [1.807, 2.05) is 0 Å². The summed E-state index contributed by atoms with van der Waals surface area (Å²) in [4.78, 5) is 9.22. The Hall–Kier alpha value is -0.650. The summed E-state index contributed by atoms with van der Waals surface area (Å²) in [5.41, 5.74) is 4.47. The molecule has 5 heteroatoms. The van der Waals surface area contributed by atoms with E-state index in [2.05, 4.69) is 5.73 Å². The Labute approximate surface area is 43.0 Å². The fourth-order valence-corrected chi connectivity index (χ4v) is 0. The highest BCUT2D eigenvalue weighted by atomic mass is 16.1. The number of hydrogen-bond acceptors (Lipinski definition) is 4. The molecular formula is C2H14N4O. The normalized spacial score (nSPS) is 3.57. The Balaban J connectivity index is -0.0000000150. The minimum absolute atomic E-state index is 0. The quantitative estimate of drug-likeness (QED) is 0.346. The third-order valence-electron chi connectivity index (χ3n) is 0. The van der Waals surface area contributed by atoms with Gasteiger partial charge in [0.1, 0.15) is 0 Å². The predicted octanol–water partition coefficient (Wildman–Crippen LogP) is -0.0224. The minimum atomic E-state index is -0.333. The zero-order valence-corrected chi connectivity index (χ0v) is 4.61. The number of carbonyl (C=O) groups excluding carboxylic acids is 1. The van der Waals surface area contributed by atoms with Crippen molar-refractivity contribution in [2.45, 2.75) is 6.92 Å². The fourth-order valence-electron chi connectivity index (χ4n) is 0. The van der Waals surface area contributed by atoms with Gasteiger partial charge in [-0.2, -0.15) is 0 Å². The van der Waals surface area contributed by atoms with Gasteiger partial charge in [0.25, 0.3) is 0 Å². The molecule has 7 heavy (non-hydrogen) atoms. The Morgan fingerprint density at radius 3 is 1.29 bits per heavy atom. The van der Waals surface area contributed by atoms with E-state index in [4.69, 9.17) is 0 Å². The first-order chi connectivity index (χ1) is 1.73. The van der Waals surface area contributed by atoms with Gasteiger partial charge in [-0.3, -0.25) is 4.79 Å². The molecule has 0 aliphatic rings. The summed E-state index contributed by atoms with van der Waals surface area (Å²) in [5, 5.41) is 0. The van der Waals surface area contributed by atoms with Gasteiger partial charge in [0.05, 0.1) is 0 Å². The molecule has 11 N–H and O–H groups in total. The molecule has 0 bridgehead atoms. The smallest absolute Gasteiger partial charge is 0.214 e. The first-order valence-electron chi connectivity index (χ1n) is 0.993. The summed E-state index contributed by atoms with van der Waals surface area (Å²) in [6, 6.07) is 0. The molecule has 1 amide bonds. The number of amides is 1. The van der Waals surface area contributed by atoms with Gasteiger partial charge in [-0.1, -0.05) is 0 Å². The molecule has 5 nitrogen and oxygen atoms in total. The highest BCUT2D eigenvalue weighted by Gasteiger charge is 1.61. The van der Waals surface area contributed by atoms with Crippen molar-refractivity contribution in [1.29, 1.82) is 0 Å². The lowest BCUT2D eigenvalue weighted by molar-refractivity contribution is -0.115. The number of rotatable bonds is 0. The molecule has 0 unspecified atom stereocenters. The van der Waals surface area contributed by atoms with E-state index in [1.54, 1.807) is 0 Å². The van der Waals surface area contributed by atoms with E-state index >= 15 is 0 Å². The van der Waals surface area contributed by atoms with Crippen LogP contribution in [0, 0.1) is 0 Å². The third kappa shape index (κ3) is 142. The highest BCUT2D eigenvalue weighted by molar-refractivity contribution is 5.70. The van der Waals surface area contributed by atoms with Crippen LogP contribution in [0.5, 0.6) is 0 Å². The van der Waals surface area contributed by atoms with Crippen molar-refractivity contribution in [3.8, 4) is 0 Å². The lowest BCUT2D eigenvalue weighted by atomic mass is 10.8. The lowest BCUT2D eigenvalue weighted by Gasteiger charge is -1.60. The van der Waals surface area contributed by atoms with Crippen molar-refractivity contribution in [2.75, 3.05) is 0 Å². The van der Waals surface area contributed by atoms with Crippen molar-refractivity contribution in [3.63, 3.8) is 0 Å². The third-order valence-corrected chi connectivity index (χ3v) is 0. The van der Waals surface area contributed by atoms with Crippen LogP contribution < -0.4 is 24.2 Å². The molecule has 0 heterocycles. The zero-order chi connectivity index (χ0) is 3.58. The average Bonchev–Trinajstić information content (AvgIpc) is 0.811. The van der Waals surface area contributed by atoms with E-state index in [1.165, 1.54) is 6.92 Å². The topological polar surface area (TPSA) is 148 Å². The van der Waals surface area contributed by atoms with Crippen LogP contribution in [-0.4, -0.2) is 5.91 Å². The van der Waals surface area contributed by atoms with Crippen LogP contribution in [0.2, 0.25) is 0 Å². The Kier molecular flexibility index (Phi) is 86.2. The first kappa shape index (κ1) is 32.9. The van der Waals surface area contributed by atoms with Crippen LogP contribution in [-0.2, 0) is 4.79 Å². The van der Waals surface area contributed by atoms with Crippen LogP contribution in [0.25, 0.3) is 0 Å². The standard InChI is InChI=1S/C2H5NO.3H3N/c1-2(3)4;;;/h1H3,(H2,3,4);3*1H3.